The zero-order chi connectivity index (χ0) is 19.1. The van der Waals surface area contributed by atoms with Gasteiger partial charge in [-0.3, -0.25) is 9.59 Å². The highest BCUT2D eigenvalue weighted by Crippen LogP contribution is 2.24. The minimum atomic E-state index is -0.719. The molecule has 0 aliphatic heterocycles. The number of ether oxygens (including phenoxy) is 1. The first-order valence-electron chi connectivity index (χ1n) is 8.53. The Kier molecular flexibility index (Phi) is 7.04. The summed E-state index contributed by atoms with van der Waals surface area (Å²) in [4.78, 5) is 24.3. The quantitative estimate of drug-likeness (QED) is 0.760. The first kappa shape index (κ1) is 19.8. The van der Waals surface area contributed by atoms with E-state index in [0.717, 1.165) is 6.42 Å². The summed E-state index contributed by atoms with van der Waals surface area (Å²) in [6.45, 7) is 5.61. The van der Waals surface area contributed by atoms with E-state index in [0.29, 0.717) is 22.0 Å². The second-order valence-electron chi connectivity index (χ2n) is 6.04. The second-order valence-corrected chi connectivity index (χ2v) is 6.45. The number of nitrogens with one attached hydrogen (secondary N) is 2. The van der Waals surface area contributed by atoms with Crippen molar-refractivity contribution in [2.75, 3.05) is 5.32 Å². The number of carbonyl (C=O) groups is 2. The van der Waals surface area contributed by atoms with Gasteiger partial charge < -0.3 is 15.4 Å². The van der Waals surface area contributed by atoms with E-state index in [4.69, 9.17) is 16.3 Å². The van der Waals surface area contributed by atoms with Gasteiger partial charge in [0.2, 0.25) is 0 Å². The number of hydrogen-bond donors (Lipinski definition) is 2. The van der Waals surface area contributed by atoms with Crippen molar-refractivity contribution in [1.82, 2.24) is 5.32 Å². The zero-order valence-corrected chi connectivity index (χ0v) is 15.8. The lowest BCUT2D eigenvalue weighted by Gasteiger charge is -2.16. The zero-order valence-electron chi connectivity index (χ0n) is 15.1. The minimum absolute atomic E-state index is 0.115. The predicted molar refractivity (Wildman–Crippen MR) is 104 cm³/mol. The van der Waals surface area contributed by atoms with Crippen LogP contribution < -0.4 is 15.4 Å². The number of benzene rings is 2. The summed E-state index contributed by atoms with van der Waals surface area (Å²) in [7, 11) is 0. The molecule has 2 unspecified atom stereocenters. The number of para-hydroxylation sites is 1. The van der Waals surface area contributed by atoms with Crippen LogP contribution in [0.5, 0.6) is 5.75 Å². The Hall–Kier alpha value is -2.53. The number of rotatable bonds is 7. The molecule has 6 heteroatoms. The van der Waals surface area contributed by atoms with Gasteiger partial charge >= 0.3 is 0 Å². The van der Waals surface area contributed by atoms with Crippen LogP contribution >= 0.6 is 11.6 Å². The molecule has 0 saturated heterocycles. The van der Waals surface area contributed by atoms with Crippen LogP contribution in [0.15, 0.2) is 48.5 Å². The van der Waals surface area contributed by atoms with Gasteiger partial charge in [0.15, 0.2) is 6.10 Å². The molecule has 0 aliphatic rings. The molecule has 2 aromatic carbocycles. The van der Waals surface area contributed by atoms with Gasteiger partial charge in [-0.15, -0.1) is 0 Å². The van der Waals surface area contributed by atoms with E-state index in [9.17, 15) is 9.59 Å². The summed E-state index contributed by atoms with van der Waals surface area (Å²) < 4.78 is 5.59. The normalized spacial score (nSPS) is 12.8. The molecule has 138 valence electrons. The summed E-state index contributed by atoms with van der Waals surface area (Å²) >= 11 is 6.03. The molecule has 0 spiro atoms. The molecule has 0 heterocycles. The average Bonchev–Trinajstić information content (AvgIpc) is 2.63. The Balaban J connectivity index is 1.94. The topological polar surface area (TPSA) is 67.4 Å². The number of anilines is 1. The average molecular weight is 375 g/mol. The molecular formula is C20H23ClN2O3. The lowest BCUT2D eigenvalue weighted by molar-refractivity contribution is -0.122. The Bertz CT molecular complexity index is 762. The van der Waals surface area contributed by atoms with E-state index >= 15 is 0 Å². The standard InChI is InChI=1S/C20H23ClN2O3/c1-4-13(2)22-20(25)15-9-11-16(12-10-15)23-19(24)14(3)26-18-8-6-5-7-17(18)21/h5-14H,4H2,1-3H3,(H,22,25)(H,23,24). The van der Waals surface area contributed by atoms with Gasteiger partial charge in [0.25, 0.3) is 11.8 Å². The molecule has 5 nitrogen and oxygen atoms in total. The van der Waals surface area contributed by atoms with Crippen molar-refractivity contribution in [3.8, 4) is 5.75 Å². The lowest BCUT2D eigenvalue weighted by Crippen LogP contribution is -2.32. The molecule has 2 atom stereocenters. The molecule has 2 aromatic rings. The maximum Gasteiger partial charge on any atom is 0.265 e. The van der Waals surface area contributed by atoms with E-state index in [-0.39, 0.29) is 17.9 Å². The van der Waals surface area contributed by atoms with Crippen molar-refractivity contribution < 1.29 is 14.3 Å². The van der Waals surface area contributed by atoms with Crippen LogP contribution in [0.25, 0.3) is 0 Å². The van der Waals surface area contributed by atoms with Crippen molar-refractivity contribution >= 4 is 29.1 Å². The van der Waals surface area contributed by atoms with E-state index in [2.05, 4.69) is 10.6 Å². The summed E-state index contributed by atoms with van der Waals surface area (Å²) in [6, 6.07) is 13.8. The summed E-state index contributed by atoms with van der Waals surface area (Å²) in [5.41, 5.74) is 1.13. The van der Waals surface area contributed by atoms with Crippen molar-refractivity contribution in [2.45, 2.75) is 39.3 Å². The predicted octanol–water partition coefficient (Wildman–Crippen LogP) is 4.27. The molecule has 0 radical (unpaired) electrons. The minimum Gasteiger partial charge on any atom is -0.479 e. The smallest absolute Gasteiger partial charge is 0.265 e. The SMILES string of the molecule is CCC(C)NC(=O)c1ccc(NC(=O)C(C)Oc2ccccc2Cl)cc1. The fourth-order valence-electron chi connectivity index (χ4n) is 2.14. The van der Waals surface area contributed by atoms with Crippen LogP contribution in [0.1, 0.15) is 37.6 Å². The van der Waals surface area contributed by atoms with Crippen LogP contribution in [-0.2, 0) is 4.79 Å². The van der Waals surface area contributed by atoms with E-state index < -0.39 is 6.10 Å². The van der Waals surface area contributed by atoms with Crippen LogP contribution in [-0.4, -0.2) is 24.0 Å². The fraction of sp³-hybridized carbons (Fsp3) is 0.300. The van der Waals surface area contributed by atoms with Crippen LogP contribution in [0.4, 0.5) is 5.69 Å². The van der Waals surface area contributed by atoms with Crippen molar-refractivity contribution in [1.29, 1.82) is 0 Å². The molecule has 0 fully saturated rings. The maximum atomic E-state index is 12.3. The number of carbonyl (C=O) groups excluding carboxylic acids is 2. The summed E-state index contributed by atoms with van der Waals surface area (Å²) in [6.07, 6.45) is 0.145. The van der Waals surface area contributed by atoms with Crippen LogP contribution in [0, 0.1) is 0 Å². The number of halogens is 1. The van der Waals surface area contributed by atoms with Gasteiger partial charge in [-0.1, -0.05) is 30.7 Å². The first-order valence-corrected chi connectivity index (χ1v) is 8.91. The first-order chi connectivity index (χ1) is 12.4. The van der Waals surface area contributed by atoms with Gasteiger partial charge in [-0.05, 0) is 56.7 Å². The van der Waals surface area contributed by atoms with Gasteiger partial charge in [-0.2, -0.15) is 0 Å². The maximum absolute atomic E-state index is 12.3. The third kappa shape index (κ3) is 5.49. The molecule has 2 rings (SSSR count). The number of amides is 2. The molecule has 26 heavy (non-hydrogen) atoms. The monoisotopic (exact) mass is 374 g/mol. The molecule has 0 aromatic heterocycles. The van der Waals surface area contributed by atoms with Gasteiger partial charge in [0.1, 0.15) is 5.75 Å². The Morgan fingerprint density at radius 2 is 1.73 bits per heavy atom. The molecule has 2 N–H and O–H groups in total. The number of hydrogen-bond acceptors (Lipinski definition) is 3. The summed E-state index contributed by atoms with van der Waals surface area (Å²) in [5.74, 6) is 0.0169. The fourth-order valence-corrected chi connectivity index (χ4v) is 2.32. The van der Waals surface area contributed by atoms with Gasteiger partial charge in [-0.25, -0.2) is 0 Å². The highest BCUT2D eigenvalue weighted by molar-refractivity contribution is 6.32. The van der Waals surface area contributed by atoms with Crippen LogP contribution in [0.3, 0.4) is 0 Å². The van der Waals surface area contributed by atoms with Crippen molar-refractivity contribution in [3.05, 3.63) is 59.1 Å². The Morgan fingerprint density at radius 3 is 2.35 bits per heavy atom. The Morgan fingerprint density at radius 1 is 1.08 bits per heavy atom. The van der Waals surface area contributed by atoms with Crippen LogP contribution in [0.2, 0.25) is 5.02 Å². The summed E-state index contributed by atoms with van der Waals surface area (Å²) in [5, 5.41) is 6.11. The Labute approximate surface area is 158 Å². The third-order valence-corrected chi connectivity index (χ3v) is 4.23. The molecule has 0 saturated carbocycles. The third-order valence-electron chi connectivity index (χ3n) is 3.91. The second kappa shape index (κ2) is 9.25. The van der Waals surface area contributed by atoms with Gasteiger partial charge in [0, 0.05) is 17.3 Å². The molecule has 0 aliphatic carbocycles. The lowest BCUT2D eigenvalue weighted by atomic mass is 10.1. The van der Waals surface area contributed by atoms with E-state index in [1.54, 1.807) is 55.5 Å². The van der Waals surface area contributed by atoms with Crippen molar-refractivity contribution in [3.63, 3.8) is 0 Å². The molecule has 0 bridgehead atoms. The molecule has 2 amide bonds. The van der Waals surface area contributed by atoms with E-state index in [1.807, 2.05) is 13.8 Å². The van der Waals surface area contributed by atoms with E-state index in [1.165, 1.54) is 0 Å². The van der Waals surface area contributed by atoms with Gasteiger partial charge in [0.05, 0.1) is 5.02 Å². The highest BCUT2D eigenvalue weighted by atomic mass is 35.5. The highest BCUT2D eigenvalue weighted by Gasteiger charge is 2.16. The largest absolute Gasteiger partial charge is 0.479 e. The molecular weight excluding hydrogens is 352 g/mol. The van der Waals surface area contributed by atoms with Crippen molar-refractivity contribution in [2.24, 2.45) is 0 Å².